The van der Waals surface area contributed by atoms with E-state index in [2.05, 4.69) is 31.6 Å². The van der Waals surface area contributed by atoms with Crippen LogP contribution >= 0.6 is 23.8 Å². The first-order valence-corrected chi connectivity index (χ1v) is 12.0. The van der Waals surface area contributed by atoms with Crippen LogP contribution in [0.3, 0.4) is 0 Å². The van der Waals surface area contributed by atoms with Crippen LogP contribution in [0.15, 0.2) is 85.3 Å². The molecule has 0 aliphatic carbocycles. The Morgan fingerprint density at radius 1 is 1.11 bits per heavy atom. The molecule has 8 nitrogen and oxygen atoms in total. The third-order valence-electron chi connectivity index (χ3n) is 5.84. The molecule has 0 bridgehead atoms. The summed E-state index contributed by atoms with van der Waals surface area (Å²) in [6.45, 7) is -0.00850. The Kier molecular flexibility index (Phi) is 6.95. The number of amides is 1. The van der Waals surface area contributed by atoms with Gasteiger partial charge in [0.15, 0.2) is 5.11 Å². The standard InChI is InChI=1S/C26H23ClN6O2S/c1-35-16-23(34)30-18-8-10-19(11-9-18)33-25(24(31-26(33)36)20-5-2-3-13-28-20)21-6-4-14-32(21)22-12-7-17(27)15-29-22/h2-15,24-25H,16H2,1H3,(H,30,34)(H,31,36)/t24-,25+/m1/s1. The van der Waals surface area contributed by atoms with Crippen molar-refractivity contribution in [1.82, 2.24) is 19.9 Å². The van der Waals surface area contributed by atoms with E-state index >= 15 is 0 Å². The number of carbonyl (C=O) groups excluding carboxylic acids is 1. The van der Waals surface area contributed by atoms with Crippen LogP contribution in [0.25, 0.3) is 5.82 Å². The number of nitrogens with one attached hydrogen (secondary N) is 2. The number of halogens is 1. The first kappa shape index (κ1) is 23.9. The van der Waals surface area contributed by atoms with Crippen LogP contribution < -0.4 is 15.5 Å². The first-order valence-electron chi connectivity index (χ1n) is 11.2. The number of methoxy groups -OCH3 is 1. The van der Waals surface area contributed by atoms with Gasteiger partial charge in [0.05, 0.1) is 16.8 Å². The minimum atomic E-state index is -0.228. The van der Waals surface area contributed by atoms with Crippen molar-refractivity contribution in [1.29, 1.82) is 0 Å². The maximum absolute atomic E-state index is 11.9. The van der Waals surface area contributed by atoms with Gasteiger partial charge in [-0.3, -0.25) is 9.78 Å². The van der Waals surface area contributed by atoms with Gasteiger partial charge in [-0.25, -0.2) is 4.98 Å². The Labute approximate surface area is 218 Å². The molecular formula is C26H23ClN6O2S. The number of hydrogen-bond donors (Lipinski definition) is 2. The predicted octanol–water partition coefficient (Wildman–Crippen LogP) is 4.68. The third kappa shape index (κ3) is 4.81. The van der Waals surface area contributed by atoms with Gasteiger partial charge in [-0.1, -0.05) is 17.7 Å². The lowest BCUT2D eigenvalue weighted by atomic mass is 10.0. The van der Waals surface area contributed by atoms with Crippen molar-refractivity contribution in [3.05, 3.63) is 102 Å². The molecule has 1 fully saturated rings. The van der Waals surface area contributed by atoms with E-state index in [1.807, 2.05) is 71.4 Å². The highest BCUT2D eigenvalue weighted by molar-refractivity contribution is 7.80. The summed E-state index contributed by atoms with van der Waals surface area (Å²) in [5.74, 6) is 0.526. The maximum atomic E-state index is 11.9. The smallest absolute Gasteiger partial charge is 0.250 e. The van der Waals surface area contributed by atoms with Crippen molar-refractivity contribution >= 4 is 46.2 Å². The number of hydrogen-bond acceptors (Lipinski definition) is 5. The molecule has 10 heteroatoms. The first-order chi connectivity index (χ1) is 17.5. The highest BCUT2D eigenvalue weighted by atomic mass is 35.5. The molecular weight excluding hydrogens is 496 g/mol. The minimum Gasteiger partial charge on any atom is -0.375 e. The largest absolute Gasteiger partial charge is 0.375 e. The summed E-state index contributed by atoms with van der Waals surface area (Å²) >= 11 is 11.9. The lowest BCUT2D eigenvalue weighted by Gasteiger charge is -2.29. The number of rotatable bonds is 7. The molecule has 36 heavy (non-hydrogen) atoms. The average Bonchev–Trinajstić information content (AvgIpc) is 3.50. The number of carbonyl (C=O) groups is 1. The molecule has 5 rings (SSSR count). The van der Waals surface area contributed by atoms with E-state index in [0.29, 0.717) is 15.8 Å². The number of anilines is 2. The minimum absolute atomic E-state index is 0.00850. The number of benzene rings is 1. The second-order valence-electron chi connectivity index (χ2n) is 8.16. The van der Waals surface area contributed by atoms with Crippen molar-refractivity contribution in [2.45, 2.75) is 12.1 Å². The molecule has 1 aliphatic heterocycles. The molecule has 0 radical (unpaired) electrons. The number of thiocarbonyl (C=S) groups is 1. The molecule has 2 atom stereocenters. The van der Waals surface area contributed by atoms with E-state index in [-0.39, 0.29) is 24.6 Å². The molecule has 0 saturated carbocycles. The summed E-state index contributed by atoms with van der Waals surface area (Å²) in [6.07, 6.45) is 5.37. The van der Waals surface area contributed by atoms with Crippen molar-refractivity contribution in [3.8, 4) is 5.82 Å². The van der Waals surface area contributed by atoms with Gasteiger partial charge < -0.3 is 24.8 Å². The fourth-order valence-electron chi connectivity index (χ4n) is 4.32. The molecule has 2 N–H and O–H groups in total. The lowest BCUT2D eigenvalue weighted by molar-refractivity contribution is -0.119. The van der Waals surface area contributed by atoms with Crippen LogP contribution in [-0.4, -0.2) is 39.3 Å². The third-order valence-corrected chi connectivity index (χ3v) is 6.38. The SMILES string of the molecule is COCC(=O)Nc1ccc(N2C(=S)N[C@H](c3ccccn3)[C@@H]2c2cccn2-c2ccc(Cl)cn2)cc1. The molecule has 1 saturated heterocycles. The lowest BCUT2D eigenvalue weighted by Crippen LogP contribution is -2.30. The van der Waals surface area contributed by atoms with Crippen molar-refractivity contribution in [3.63, 3.8) is 0 Å². The average molecular weight is 519 g/mol. The zero-order valence-electron chi connectivity index (χ0n) is 19.3. The van der Waals surface area contributed by atoms with Crippen LogP contribution in [0.4, 0.5) is 11.4 Å². The van der Waals surface area contributed by atoms with Crippen LogP contribution in [0.1, 0.15) is 23.5 Å². The molecule has 0 spiro atoms. The number of nitrogens with zero attached hydrogens (tertiary/aromatic N) is 4. The molecule has 1 amide bonds. The molecule has 3 aromatic heterocycles. The Morgan fingerprint density at radius 2 is 1.94 bits per heavy atom. The predicted molar refractivity (Wildman–Crippen MR) is 143 cm³/mol. The van der Waals surface area contributed by atoms with Gasteiger partial charge in [0, 0.05) is 42.8 Å². The van der Waals surface area contributed by atoms with Gasteiger partial charge >= 0.3 is 0 Å². The molecule has 4 aromatic rings. The summed E-state index contributed by atoms with van der Waals surface area (Å²) in [5, 5.41) is 7.42. The van der Waals surface area contributed by atoms with E-state index in [0.717, 1.165) is 22.9 Å². The molecule has 1 aromatic carbocycles. The zero-order chi connectivity index (χ0) is 25.1. The Balaban J connectivity index is 1.55. The summed E-state index contributed by atoms with van der Waals surface area (Å²) in [6, 6.07) is 20.7. The van der Waals surface area contributed by atoms with E-state index in [9.17, 15) is 4.79 Å². The van der Waals surface area contributed by atoms with Crippen molar-refractivity contribution in [2.75, 3.05) is 23.9 Å². The molecule has 1 aliphatic rings. The van der Waals surface area contributed by atoms with Crippen molar-refractivity contribution < 1.29 is 9.53 Å². The fourth-order valence-corrected chi connectivity index (χ4v) is 4.78. The topological polar surface area (TPSA) is 84.3 Å². The second kappa shape index (κ2) is 10.4. The number of ether oxygens (including phenoxy) is 1. The summed E-state index contributed by atoms with van der Waals surface area (Å²) < 4.78 is 6.92. The van der Waals surface area contributed by atoms with Gasteiger partial charge in [-0.15, -0.1) is 0 Å². The van der Waals surface area contributed by atoms with Crippen LogP contribution in [-0.2, 0) is 9.53 Å². The number of pyridine rings is 2. The van der Waals surface area contributed by atoms with E-state index in [1.165, 1.54) is 7.11 Å². The Morgan fingerprint density at radius 3 is 2.64 bits per heavy atom. The van der Waals surface area contributed by atoms with Crippen molar-refractivity contribution in [2.24, 2.45) is 0 Å². The normalized spacial score (nSPS) is 17.2. The van der Waals surface area contributed by atoms with Gasteiger partial charge in [-0.2, -0.15) is 0 Å². The van der Waals surface area contributed by atoms with E-state index < -0.39 is 0 Å². The summed E-state index contributed by atoms with van der Waals surface area (Å²) in [5.41, 5.74) is 3.39. The van der Waals surface area contributed by atoms with Gasteiger partial charge in [0.25, 0.3) is 0 Å². The fraction of sp³-hybridized carbons (Fsp3) is 0.154. The van der Waals surface area contributed by atoms with Crippen LogP contribution in [0, 0.1) is 0 Å². The van der Waals surface area contributed by atoms with Gasteiger partial charge in [-0.05, 0) is 72.9 Å². The van der Waals surface area contributed by atoms with E-state index in [1.54, 1.807) is 12.4 Å². The van der Waals surface area contributed by atoms with Crippen LogP contribution in [0.2, 0.25) is 5.02 Å². The second-order valence-corrected chi connectivity index (χ2v) is 8.99. The Bertz CT molecular complexity index is 1360. The molecule has 0 unspecified atom stereocenters. The highest BCUT2D eigenvalue weighted by Gasteiger charge is 2.42. The highest BCUT2D eigenvalue weighted by Crippen LogP contribution is 2.42. The monoisotopic (exact) mass is 518 g/mol. The van der Waals surface area contributed by atoms with Gasteiger partial charge in [0.1, 0.15) is 18.5 Å². The summed E-state index contributed by atoms with van der Waals surface area (Å²) in [4.78, 5) is 23.1. The quantitative estimate of drug-likeness (QED) is 0.343. The summed E-state index contributed by atoms with van der Waals surface area (Å²) in [7, 11) is 1.48. The van der Waals surface area contributed by atoms with Crippen LogP contribution in [0.5, 0.6) is 0 Å². The maximum Gasteiger partial charge on any atom is 0.250 e. The molecule has 182 valence electrons. The van der Waals surface area contributed by atoms with Gasteiger partial charge in [0.2, 0.25) is 5.91 Å². The number of aromatic nitrogens is 3. The Hall–Kier alpha value is -3.79. The van der Waals surface area contributed by atoms with E-state index in [4.69, 9.17) is 28.6 Å². The zero-order valence-corrected chi connectivity index (χ0v) is 20.9. The molecule has 4 heterocycles.